The third-order valence-corrected chi connectivity index (χ3v) is 1.74. The van der Waals surface area contributed by atoms with Crippen LogP contribution in [0.5, 0.6) is 0 Å². The molecular formula is C13H15N. The largest absolute Gasteiger partial charge is 0.399 e. The molecule has 0 saturated heterocycles. The van der Waals surface area contributed by atoms with Crippen molar-refractivity contribution >= 4 is 6.08 Å². The summed E-state index contributed by atoms with van der Waals surface area (Å²) in [5, 5.41) is 0. The zero-order valence-electron chi connectivity index (χ0n) is 8.35. The molecule has 1 aromatic rings. The summed E-state index contributed by atoms with van der Waals surface area (Å²) in [6.07, 6.45) is 9.64. The number of hydrogen-bond donors (Lipinski definition) is 1. The molecule has 0 aliphatic heterocycles. The molecule has 0 aromatic heterocycles. The average Bonchev–Trinajstić information content (AvgIpc) is 2.20. The third-order valence-electron chi connectivity index (χ3n) is 1.74. The fraction of sp³-hybridized carbons (Fsp3) is 0.0769. The first-order valence-electron chi connectivity index (χ1n) is 4.64. The lowest BCUT2D eigenvalue weighted by atomic mass is 10.2. The van der Waals surface area contributed by atoms with Crippen LogP contribution in [0, 0.1) is 0 Å². The van der Waals surface area contributed by atoms with Crippen LogP contribution in [0.25, 0.3) is 6.08 Å². The van der Waals surface area contributed by atoms with E-state index in [0.717, 1.165) is 5.70 Å². The van der Waals surface area contributed by atoms with Crippen LogP contribution in [-0.2, 0) is 0 Å². The van der Waals surface area contributed by atoms with Crippen molar-refractivity contribution in [3.63, 3.8) is 0 Å². The van der Waals surface area contributed by atoms with Crippen molar-refractivity contribution in [3.05, 3.63) is 65.9 Å². The van der Waals surface area contributed by atoms with Gasteiger partial charge in [0.05, 0.1) is 0 Å². The first-order valence-corrected chi connectivity index (χ1v) is 4.64. The first-order chi connectivity index (χ1) is 6.83. The number of hydrogen-bond acceptors (Lipinski definition) is 1. The van der Waals surface area contributed by atoms with Crippen molar-refractivity contribution in [1.82, 2.24) is 0 Å². The molecule has 0 saturated carbocycles. The molecule has 0 amide bonds. The van der Waals surface area contributed by atoms with Crippen molar-refractivity contribution in [2.45, 2.75) is 6.92 Å². The highest BCUT2D eigenvalue weighted by atomic mass is 14.5. The molecule has 0 bridgehead atoms. The minimum atomic E-state index is 0.764. The Balaban J connectivity index is 2.62. The van der Waals surface area contributed by atoms with Gasteiger partial charge in [0.2, 0.25) is 0 Å². The maximum absolute atomic E-state index is 5.67. The van der Waals surface area contributed by atoms with Gasteiger partial charge in [-0.1, -0.05) is 48.6 Å². The topological polar surface area (TPSA) is 26.0 Å². The lowest BCUT2D eigenvalue weighted by Gasteiger charge is -1.90. The zero-order valence-corrected chi connectivity index (χ0v) is 8.35. The average molecular weight is 185 g/mol. The van der Waals surface area contributed by atoms with Gasteiger partial charge in [-0.15, -0.1) is 0 Å². The molecule has 0 radical (unpaired) electrons. The maximum Gasteiger partial charge on any atom is 0.0310 e. The lowest BCUT2D eigenvalue weighted by Crippen LogP contribution is -1.90. The molecule has 0 heterocycles. The number of allylic oxidation sites excluding steroid dienone is 4. The van der Waals surface area contributed by atoms with E-state index in [1.807, 2.05) is 55.5 Å². The molecule has 1 heteroatoms. The molecule has 14 heavy (non-hydrogen) atoms. The summed E-state index contributed by atoms with van der Waals surface area (Å²) in [6, 6.07) is 10.1. The van der Waals surface area contributed by atoms with Gasteiger partial charge in [-0.25, -0.2) is 0 Å². The van der Waals surface area contributed by atoms with Crippen molar-refractivity contribution in [2.24, 2.45) is 5.73 Å². The Hall–Kier alpha value is -1.76. The smallest absolute Gasteiger partial charge is 0.0310 e. The first kappa shape index (κ1) is 10.3. The van der Waals surface area contributed by atoms with E-state index in [9.17, 15) is 0 Å². The van der Waals surface area contributed by atoms with Crippen molar-refractivity contribution in [3.8, 4) is 0 Å². The second-order valence-corrected chi connectivity index (χ2v) is 2.94. The minimum Gasteiger partial charge on any atom is -0.399 e. The Labute approximate surface area is 85.3 Å². The van der Waals surface area contributed by atoms with Gasteiger partial charge < -0.3 is 5.73 Å². The van der Waals surface area contributed by atoms with E-state index < -0.39 is 0 Å². The van der Waals surface area contributed by atoms with Gasteiger partial charge in [-0.2, -0.15) is 0 Å². The Bertz CT molecular complexity index is 345. The Morgan fingerprint density at radius 3 is 2.57 bits per heavy atom. The highest BCUT2D eigenvalue weighted by Crippen LogP contribution is 2.01. The summed E-state index contributed by atoms with van der Waals surface area (Å²) in [7, 11) is 0. The van der Waals surface area contributed by atoms with Gasteiger partial charge in [0.1, 0.15) is 0 Å². The van der Waals surface area contributed by atoms with Gasteiger partial charge in [-0.05, 0) is 24.6 Å². The van der Waals surface area contributed by atoms with E-state index >= 15 is 0 Å². The van der Waals surface area contributed by atoms with E-state index in [1.165, 1.54) is 5.56 Å². The summed E-state index contributed by atoms with van der Waals surface area (Å²) in [5.74, 6) is 0. The molecule has 0 aliphatic carbocycles. The summed E-state index contributed by atoms with van der Waals surface area (Å²) in [4.78, 5) is 0. The molecule has 0 spiro atoms. The molecular weight excluding hydrogens is 170 g/mol. The van der Waals surface area contributed by atoms with Crippen LogP contribution in [0.15, 0.2) is 60.3 Å². The van der Waals surface area contributed by atoms with Gasteiger partial charge in [0.15, 0.2) is 0 Å². The van der Waals surface area contributed by atoms with Gasteiger partial charge in [0.25, 0.3) is 0 Å². The lowest BCUT2D eigenvalue weighted by molar-refractivity contribution is 1.42. The molecule has 0 aliphatic rings. The molecule has 1 aromatic carbocycles. The van der Waals surface area contributed by atoms with Crippen molar-refractivity contribution in [1.29, 1.82) is 0 Å². The van der Waals surface area contributed by atoms with Gasteiger partial charge in [-0.3, -0.25) is 0 Å². The van der Waals surface area contributed by atoms with E-state index in [1.54, 1.807) is 0 Å². The highest BCUT2D eigenvalue weighted by Gasteiger charge is 1.81. The molecule has 1 rings (SSSR count). The van der Waals surface area contributed by atoms with Crippen LogP contribution in [0.3, 0.4) is 0 Å². The molecule has 0 unspecified atom stereocenters. The van der Waals surface area contributed by atoms with Gasteiger partial charge >= 0.3 is 0 Å². The van der Waals surface area contributed by atoms with Crippen LogP contribution >= 0.6 is 0 Å². The van der Waals surface area contributed by atoms with E-state index in [-0.39, 0.29) is 0 Å². The van der Waals surface area contributed by atoms with Crippen molar-refractivity contribution in [2.75, 3.05) is 0 Å². The second-order valence-electron chi connectivity index (χ2n) is 2.94. The van der Waals surface area contributed by atoms with Crippen LogP contribution in [-0.4, -0.2) is 0 Å². The maximum atomic E-state index is 5.67. The molecule has 0 atom stereocenters. The molecule has 72 valence electrons. The molecule has 0 fully saturated rings. The monoisotopic (exact) mass is 185 g/mol. The zero-order chi connectivity index (χ0) is 10.2. The van der Waals surface area contributed by atoms with Crippen LogP contribution in [0.4, 0.5) is 0 Å². The number of benzene rings is 1. The summed E-state index contributed by atoms with van der Waals surface area (Å²) >= 11 is 0. The van der Waals surface area contributed by atoms with E-state index in [2.05, 4.69) is 12.1 Å². The third kappa shape index (κ3) is 3.76. The van der Waals surface area contributed by atoms with Crippen LogP contribution < -0.4 is 5.73 Å². The molecule has 2 N–H and O–H groups in total. The number of nitrogens with two attached hydrogens (primary N) is 1. The number of rotatable bonds is 3. The summed E-state index contributed by atoms with van der Waals surface area (Å²) in [5.41, 5.74) is 7.61. The quantitative estimate of drug-likeness (QED) is 0.719. The standard InChI is InChI=1S/C13H15N/c1-2-7-13(14)11-6-10-12-8-4-3-5-9-12/h2-11H,14H2,1H3/b7-2-,10-6+,13-11+. The Morgan fingerprint density at radius 2 is 1.93 bits per heavy atom. The van der Waals surface area contributed by atoms with Crippen molar-refractivity contribution < 1.29 is 0 Å². The summed E-state index contributed by atoms with van der Waals surface area (Å²) < 4.78 is 0. The van der Waals surface area contributed by atoms with Crippen LogP contribution in [0.2, 0.25) is 0 Å². The fourth-order valence-electron chi connectivity index (χ4n) is 1.08. The predicted molar refractivity (Wildman–Crippen MR) is 62.6 cm³/mol. The molecule has 1 nitrogen and oxygen atoms in total. The van der Waals surface area contributed by atoms with Gasteiger partial charge in [0, 0.05) is 5.70 Å². The minimum absolute atomic E-state index is 0.764. The normalized spacial score (nSPS) is 12.8. The summed E-state index contributed by atoms with van der Waals surface area (Å²) in [6.45, 7) is 1.95. The predicted octanol–water partition coefficient (Wildman–Crippen LogP) is 3.12. The highest BCUT2D eigenvalue weighted by molar-refractivity contribution is 5.51. The second kappa shape index (κ2) is 5.81. The van der Waals surface area contributed by atoms with E-state index in [4.69, 9.17) is 5.73 Å². The van der Waals surface area contributed by atoms with Crippen LogP contribution in [0.1, 0.15) is 12.5 Å². The van der Waals surface area contributed by atoms with E-state index in [0.29, 0.717) is 0 Å². The Morgan fingerprint density at radius 1 is 1.21 bits per heavy atom. The SMILES string of the molecule is C\C=C/C(N)=C\C=C\c1ccccc1. The fourth-order valence-corrected chi connectivity index (χ4v) is 1.08. The Kier molecular flexibility index (Phi) is 4.29.